The predicted octanol–water partition coefficient (Wildman–Crippen LogP) is 14.6. The van der Waals surface area contributed by atoms with Crippen LogP contribution >= 0.6 is 0 Å². The smallest absolute Gasteiger partial charge is 0.00201 e. The van der Waals surface area contributed by atoms with E-state index in [4.69, 9.17) is 0 Å². The minimum absolute atomic E-state index is 1.21. The summed E-state index contributed by atoms with van der Waals surface area (Å²) in [5, 5.41) is 10.1. The quantitative estimate of drug-likeness (QED) is 0.161. The number of hydrogen-bond donors (Lipinski definition) is 0. The molecule has 10 aromatic rings. The fraction of sp³-hybridized carbons (Fsp3) is 0. The minimum Gasteiger partial charge on any atom is -0.0622 e. The molecule has 242 valence electrons. The molecule has 10 aromatic carbocycles. The van der Waals surface area contributed by atoms with Crippen molar-refractivity contribution in [1.82, 2.24) is 0 Å². The van der Waals surface area contributed by atoms with Gasteiger partial charge >= 0.3 is 0 Å². The van der Waals surface area contributed by atoms with Gasteiger partial charge in [0.25, 0.3) is 0 Å². The molecule has 0 heterocycles. The van der Waals surface area contributed by atoms with Gasteiger partial charge in [-0.15, -0.1) is 0 Å². The summed E-state index contributed by atoms with van der Waals surface area (Å²) in [7, 11) is 0. The van der Waals surface area contributed by atoms with Gasteiger partial charge in [0.1, 0.15) is 0 Å². The van der Waals surface area contributed by atoms with Crippen LogP contribution in [0, 0.1) is 0 Å². The highest BCUT2D eigenvalue weighted by molar-refractivity contribution is 6.23. The molecule has 0 nitrogen and oxygen atoms in total. The first kappa shape index (κ1) is 30.1. The van der Waals surface area contributed by atoms with Gasteiger partial charge in [0, 0.05) is 0 Å². The molecule has 0 saturated heterocycles. The second kappa shape index (κ2) is 12.5. The third-order valence-corrected chi connectivity index (χ3v) is 10.7. The molecule has 0 heteroatoms. The molecule has 0 spiro atoms. The molecule has 0 saturated carbocycles. The lowest BCUT2D eigenvalue weighted by atomic mass is 9.84. The van der Waals surface area contributed by atoms with Gasteiger partial charge in [0.15, 0.2) is 0 Å². The largest absolute Gasteiger partial charge is 0.0622 e. The zero-order valence-electron chi connectivity index (χ0n) is 28.6. The van der Waals surface area contributed by atoms with Crippen molar-refractivity contribution in [3.05, 3.63) is 206 Å². The molecule has 52 heavy (non-hydrogen) atoms. The Morgan fingerprint density at radius 3 is 1.29 bits per heavy atom. The van der Waals surface area contributed by atoms with Crippen molar-refractivity contribution in [3.63, 3.8) is 0 Å². The molecule has 0 aliphatic rings. The second-order valence-electron chi connectivity index (χ2n) is 13.6. The Morgan fingerprint density at radius 1 is 0.192 bits per heavy atom. The third kappa shape index (κ3) is 5.00. The number of rotatable bonds is 5. The molecule has 0 atom stereocenters. The van der Waals surface area contributed by atoms with Gasteiger partial charge in [-0.3, -0.25) is 0 Å². The Labute approximate surface area is 303 Å². The Bertz CT molecular complexity index is 2890. The van der Waals surface area contributed by atoms with Crippen molar-refractivity contribution >= 4 is 43.1 Å². The highest BCUT2D eigenvalue weighted by atomic mass is 14.2. The Balaban J connectivity index is 1.17. The van der Waals surface area contributed by atoms with E-state index in [0.29, 0.717) is 0 Å². The maximum Gasteiger partial charge on any atom is -0.00201 e. The van der Waals surface area contributed by atoms with E-state index in [1.807, 2.05) is 0 Å². The highest BCUT2D eigenvalue weighted by Crippen LogP contribution is 2.46. The van der Waals surface area contributed by atoms with Gasteiger partial charge in [-0.05, 0) is 111 Å². The molecule has 0 radical (unpaired) electrons. The van der Waals surface area contributed by atoms with Crippen molar-refractivity contribution in [2.75, 3.05) is 0 Å². The van der Waals surface area contributed by atoms with Crippen LogP contribution in [0.5, 0.6) is 0 Å². The zero-order valence-corrected chi connectivity index (χ0v) is 28.6. The molecule has 0 aromatic heterocycles. The second-order valence-corrected chi connectivity index (χ2v) is 13.6. The Hall–Kier alpha value is -6.76. The molecular formula is C52H34. The van der Waals surface area contributed by atoms with Crippen LogP contribution in [-0.2, 0) is 0 Å². The first-order chi connectivity index (χ1) is 25.8. The maximum absolute atomic E-state index is 2.39. The van der Waals surface area contributed by atoms with Crippen LogP contribution in [-0.4, -0.2) is 0 Å². The van der Waals surface area contributed by atoms with Crippen molar-refractivity contribution in [3.8, 4) is 55.6 Å². The van der Waals surface area contributed by atoms with E-state index in [1.54, 1.807) is 0 Å². The molecule has 0 bridgehead atoms. The van der Waals surface area contributed by atoms with Crippen LogP contribution in [0.3, 0.4) is 0 Å². The van der Waals surface area contributed by atoms with Crippen LogP contribution < -0.4 is 0 Å². The third-order valence-electron chi connectivity index (χ3n) is 10.7. The van der Waals surface area contributed by atoms with E-state index in [0.717, 1.165) is 0 Å². The van der Waals surface area contributed by atoms with Crippen LogP contribution in [0.4, 0.5) is 0 Å². The SMILES string of the molecule is c1ccc(-c2ccccc2-c2ccccc2-c2ccc3ccc(-c4c5ccccc5c(-c5cccc6ccccc56)c5ccccc45)cc3c2)cc1. The van der Waals surface area contributed by atoms with Crippen LogP contribution in [0.2, 0.25) is 0 Å². The van der Waals surface area contributed by atoms with E-state index in [9.17, 15) is 0 Å². The number of fused-ring (bicyclic) bond motifs is 4. The van der Waals surface area contributed by atoms with Crippen molar-refractivity contribution in [2.24, 2.45) is 0 Å². The molecule has 0 N–H and O–H groups in total. The van der Waals surface area contributed by atoms with Gasteiger partial charge in [-0.1, -0.05) is 194 Å². The van der Waals surface area contributed by atoms with Gasteiger partial charge in [-0.2, -0.15) is 0 Å². The average Bonchev–Trinajstić information content (AvgIpc) is 3.22. The molecule has 0 unspecified atom stereocenters. The van der Waals surface area contributed by atoms with E-state index >= 15 is 0 Å². The molecule has 10 rings (SSSR count). The van der Waals surface area contributed by atoms with Gasteiger partial charge in [-0.25, -0.2) is 0 Å². The lowest BCUT2D eigenvalue weighted by Gasteiger charge is -2.19. The normalized spacial score (nSPS) is 11.5. The van der Waals surface area contributed by atoms with Crippen LogP contribution in [0.15, 0.2) is 206 Å². The van der Waals surface area contributed by atoms with Gasteiger partial charge < -0.3 is 0 Å². The van der Waals surface area contributed by atoms with E-state index in [1.165, 1.54) is 98.7 Å². The number of benzene rings is 10. The van der Waals surface area contributed by atoms with E-state index < -0.39 is 0 Å². The van der Waals surface area contributed by atoms with Gasteiger partial charge in [0.2, 0.25) is 0 Å². The van der Waals surface area contributed by atoms with Crippen LogP contribution in [0.1, 0.15) is 0 Å². The minimum atomic E-state index is 1.21. The molecule has 0 aliphatic heterocycles. The van der Waals surface area contributed by atoms with E-state index in [2.05, 4.69) is 206 Å². The Kier molecular flexibility index (Phi) is 7.25. The molecular weight excluding hydrogens is 625 g/mol. The summed E-state index contributed by atoms with van der Waals surface area (Å²) in [6, 6.07) is 75.5. The fourth-order valence-corrected chi connectivity index (χ4v) is 8.30. The van der Waals surface area contributed by atoms with E-state index in [-0.39, 0.29) is 0 Å². The number of hydrogen-bond acceptors (Lipinski definition) is 0. The molecule has 0 amide bonds. The Morgan fingerprint density at radius 2 is 0.635 bits per heavy atom. The fourth-order valence-electron chi connectivity index (χ4n) is 8.30. The summed E-state index contributed by atoms with van der Waals surface area (Å²) in [5.41, 5.74) is 12.4. The summed E-state index contributed by atoms with van der Waals surface area (Å²) in [4.78, 5) is 0. The molecule has 0 fully saturated rings. The van der Waals surface area contributed by atoms with Gasteiger partial charge in [0.05, 0.1) is 0 Å². The first-order valence-corrected chi connectivity index (χ1v) is 18.0. The lowest BCUT2D eigenvalue weighted by Crippen LogP contribution is -1.92. The standard InChI is InChI=1S/C52H34/c1-2-15-36(16-3-1)41-19-6-8-22-44(41)45-23-9-7-21-43(45)38-31-29-35-30-32-39(34-40(35)33-38)51-47-24-10-12-26-49(47)52(50-27-13-11-25-48(50)51)46-28-14-18-37-17-4-5-20-42(37)46/h1-34H. The van der Waals surface area contributed by atoms with Crippen molar-refractivity contribution < 1.29 is 0 Å². The zero-order chi connectivity index (χ0) is 34.4. The topological polar surface area (TPSA) is 0 Å². The van der Waals surface area contributed by atoms with Crippen molar-refractivity contribution in [2.45, 2.75) is 0 Å². The maximum atomic E-state index is 2.39. The molecule has 0 aliphatic carbocycles. The van der Waals surface area contributed by atoms with Crippen LogP contribution in [0.25, 0.3) is 98.7 Å². The summed E-state index contributed by atoms with van der Waals surface area (Å²) in [6.07, 6.45) is 0. The summed E-state index contributed by atoms with van der Waals surface area (Å²) in [5.74, 6) is 0. The monoisotopic (exact) mass is 658 g/mol. The van der Waals surface area contributed by atoms with Crippen molar-refractivity contribution in [1.29, 1.82) is 0 Å². The summed E-state index contributed by atoms with van der Waals surface area (Å²) >= 11 is 0. The first-order valence-electron chi connectivity index (χ1n) is 18.0. The average molecular weight is 659 g/mol. The lowest BCUT2D eigenvalue weighted by molar-refractivity contribution is 1.57. The predicted molar refractivity (Wildman–Crippen MR) is 224 cm³/mol. The highest BCUT2D eigenvalue weighted by Gasteiger charge is 2.18. The summed E-state index contributed by atoms with van der Waals surface area (Å²) < 4.78 is 0. The summed E-state index contributed by atoms with van der Waals surface area (Å²) in [6.45, 7) is 0.